The van der Waals surface area contributed by atoms with Crippen LogP contribution >= 0.6 is 0 Å². The number of hydrogen-bond donors (Lipinski definition) is 3. The number of aliphatic hydroxyl groups is 1. The first kappa shape index (κ1) is 12.5. The molecule has 0 aromatic carbocycles. The molecule has 1 aliphatic carbocycles. The van der Waals surface area contributed by atoms with E-state index < -0.39 is 10.5 Å². The minimum atomic E-state index is -0.536. The van der Waals surface area contributed by atoms with Gasteiger partial charge in [0.25, 0.3) is 0 Å². The summed E-state index contributed by atoms with van der Waals surface area (Å²) in [6.45, 7) is -0.0664. The highest BCUT2D eigenvalue weighted by Gasteiger charge is 2.38. The Morgan fingerprint density at radius 2 is 2.33 bits per heavy atom. The Morgan fingerprint density at radius 1 is 1.61 bits per heavy atom. The molecule has 1 aromatic rings. The Hall–Kier alpha value is -1.96. The lowest BCUT2D eigenvalue weighted by atomic mass is 9.77. The molecule has 1 heterocycles. The third-order valence-electron chi connectivity index (χ3n) is 3.19. The molecule has 0 saturated heterocycles. The fourth-order valence-corrected chi connectivity index (χ4v) is 1.90. The molecule has 2 rings (SSSR count). The zero-order valence-corrected chi connectivity index (χ0v) is 10.0. The van der Waals surface area contributed by atoms with E-state index in [2.05, 4.69) is 20.6 Å². The molecule has 3 N–H and O–H groups in total. The molecule has 18 heavy (non-hydrogen) atoms. The van der Waals surface area contributed by atoms with Gasteiger partial charge in [0.1, 0.15) is 6.20 Å². The van der Waals surface area contributed by atoms with Gasteiger partial charge in [0.15, 0.2) is 0 Å². The van der Waals surface area contributed by atoms with Gasteiger partial charge in [-0.3, -0.25) is 10.1 Å². The van der Waals surface area contributed by atoms with Gasteiger partial charge in [-0.15, -0.1) is 0 Å². The molecule has 8 heteroatoms. The summed E-state index contributed by atoms with van der Waals surface area (Å²) in [4.78, 5) is 18.2. The Kier molecular flexibility index (Phi) is 3.28. The van der Waals surface area contributed by atoms with Crippen LogP contribution in [-0.2, 0) is 0 Å². The highest BCUT2D eigenvalue weighted by atomic mass is 16.6. The van der Waals surface area contributed by atoms with Crippen LogP contribution in [0, 0.1) is 10.1 Å². The highest BCUT2D eigenvalue weighted by molar-refractivity contribution is 5.58. The molecule has 0 aliphatic heterocycles. The lowest BCUT2D eigenvalue weighted by Gasteiger charge is -2.41. The van der Waals surface area contributed by atoms with E-state index in [-0.39, 0.29) is 18.1 Å². The lowest BCUT2D eigenvalue weighted by Crippen LogP contribution is -2.48. The third kappa shape index (κ3) is 2.19. The maximum atomic E-state index is 10.9. The number of hydrogen-bond acceptors (Lipinski definition) is 7. The SMILES string of the molecule is CNc1ncc([N+](=O)[O-])c(NC2(CO)CCC2)n1. The fourth-order valence-electron chi connectivity index (χ4n) is 1.90. The van der Waals surface area contributed by atoms with Crippen molar-refractivity contribution in [2.24, 2.45) is 0 Å². The van der Waals surface area contributed by atoms with E-state index in [1.807, 2.05) is 0 Å². The molecule has 1 aromatic heterocycles. The van der Waals surface area contributed by atoms with Gasteiger partial charge in [0, 0.05) is 7.05 Å². The predicted octanol–water partition coefficient (Wildman–Crippen LogP) is 0.753. The molecular formula is C10H15N5O3. The number of aromatic nitrogens is 2. The molecule has 0 amide bonds. The zero-order valence-electron chi connectivity index (χ0n) is 10.0. The van der Waals surface area contributed by atoms with E-state index >= 15 is 0 Å². The summed E-state index contributed by atoms with van der Waals surface area (Å²) in [5, 5.41) is 26.0. The minimum Gasteiger partial charge on any atom is -0.394 e. The summed E-state index contributed by atoms with van der Waals surface area (Å²) in [6.07, 6.45) is 3.70. The molecule has 0 unspecified atom stereocenters. The van der Waals surface area contributed by atoms with Crippen LogP contribution < -0.4 is 10.6 Å². The van der Waals surface area contributed by atoms with Gasteiger partial charge in [-0.25, -0.2) is 4.98 Å². The Bertz CT molecular complexity index is 455. The normalized spacial score (nSPS) is 16.8. The molecule has 0 spiro atoms. The highest BCUT2D eigenvalue weighted by Crippen LogP contribution is 2.36. The first-order valence-electron chi connectivity index (χ1n) is 5.68. The number of nitrogens with one attached hydrogen (secondary N) is 2. The number of nitrogens with zero attached hydrogens (tertiary/aromatic N) is 3. The van der Waals surface area contributed by atoms with Gasteiger partial charge in [0.05, 0.1) is 17.1 Å². The Labute approximate surface area is 104 Å². The van der Waals surface area contributed by atoms with Crippen LogP contribution in [0.25, 0.3) is 0 Å². The van der Waals surface area contributed by atoms with Crippen molar-refractivity contribution in [1.29, 1.82) is 0 Å². The quantitative estimate of drug-likeness (QED) is 0.524. The first-order valence-corrected chi connectivity index (χ1v) is 5.68. The predicted molar refractivity (Wildman–Crippen MR) is 65.5 cm³/mol. The second kappa shape index (κ2) is 4.73. The van der Waals surface area contributed by atoms with Crippen LogP contribution in [-0.4, -0.2) is 39.2 Å². The Balaban J connectivity index is 2.31. The average Bonchev–Trinajstić information content (AvgIpc) is 2.33. The summed E-state index contributed by atoms with van der Waals surface area (Å²) in [6, 6.07) is 0. The van der Waals surface area contributed by atoms with Crippen LogP contribution in [0.3, 0.4) is 0 Å². The average molecular weight is 253 g/mol. The summed E-state index contributed by atoms with van der Waals surface area (Å²) in [5.74, 6) is 0.448. The van der Waals surface area contributed by atoms with E-state index in [9.17, 15) is 15.2 Å². The number of rotatable bonds is 5. The van der Waals surface area contributed by atoms with Crippen molar-refractivity contribution in [1.82, 2.24) is 9.97 Å². The van der Waals surface area contributed by atoms with Gasteiger partial charge in [-0.1, -0.05) is 0 Å². The molecular weight excluding hydrogens is 238 g/mol. The molecule has 0 radical (unpaired) electrons. The molecule has 98 valence electrons. The zero-order chi connectivity index (χ0) is 13.2. The number of anilines is 2. The number of aliphatic hydroxyl groups excluding tert-OH is 1. The van der Waals surface area contributed by atoms with Gasteiger partial charge >= 0.3 is 5.69 Å². The smallest absolute Gasteiger partial charge is 0.329 e. The van der Waals surface area contributed by atoms with Gasteiger partial charge in [0.2, 0.25) is 11.8 Å². The van der Waals surface area contributed by atoms with Crippen LogP contribution in [0.4, 0.5) is 17.5 Å². The fraction of sp³-hybridized carbons (Fsp3) is 0.600. The maximum Gasteiger partial charge on any atom is 0.329 e. The number of nitro groups is 1. The van der Waals surface area contributed by atoms with Crippen molar-refractivity contribution in [2.75, 3.05) is 24.3 Å². The van der Waals surface area contributed by atoms with Crippen molar-refractivity contribution in [3.63, 3.8) is 0 Å². The third-order valence-corrected chi connectivity index (χ3v) is 3.19. The first-order chi connectivity index (χ1) is 8.60. The van der Waals surface area contributed by atoms with Crippen molar-refractivity contribution >= 4 is 17.5 Å². The van der Waals surface area contributed by atoms with Crippen molar-refractivity contribution < 1.29 is 10.0 Å². The van der Waals surface area contributed by atoms with Gasteiger partial charge in [-0.2, -0.15) is 4.98 Å². The van der Waals surface area contributed by atoms with Crippen molar-refractivity contribution in [2.45, 2.75) is 24.8 Å². The Morgan fingerprint density at radius 3 is 2.78 bits per heavy atom. The summed E-state index contributed by atoms with van der Waals surface area (Å²) < 4.78 is 0. The standard InChI is InChI=1S/C10H15N5O3/c1-11-9-12-5-7(15(17)18)8(13-9)14-10(6-16)3-2-4-10/h5,16H,2-4,6H2,1H3,(H2,11,12,13,14). The van der Waals surface area contributed by atoms with E-state index in [4.69, 9.17) is 0 Å². The second-order valence-corrected chi connectivity index (χ2v) is 4.35. The largest absolute Gasteiger partial charge is 0.394 e. The van der Waals surface area contributed by atoms with Crippen molar-refractivity contribution in [3.05, 3.63) is 16.3 Å². The van der Waals surface area contributed by atoms with Crippen molar-refractivity contribution in [3.8, 4) is 0 Å². The maximum absolute atomic E-state index is 10.9. The molecule has 1 saturated carbocycles. The topological polar surface area (TPSA) is 113 Å². The van der Waals surface area contributed by atoms with Crippen LogP contribution in [0.5, 0.6) is 0 Å². The van der Waals surface area contributed by atoms with E-state index in [1.54, 1.807) is 7.05 Å². The van der Waals surface area contributed by atoms with E-state index in [1.165, 1.54) is 0 Å². The monoisotopic (exact) mass is 253 g/mol. The molecule has 1 aliphatic rings. The van der Waals surface area contributed by atoms with Crippen LogP contribution in [0.1, 0.15) is 19.3 Å². The van der Waals surface area contributed by atoms with Gasteiger partial charge in [-0.05, 0) is 19.3 Å². The molecule has 1 fully saturated rings. The molecule has 8 nitrogen and oxygen atoms in total. The van der Waals surface area contributed by atoms with Gasteiger partial charge < -0.3 is 15.7 Å². The molecule has 0 bridgehead atoms. The second-order valence-electron chi connectivity index (χ2n) is 4.35. The van der Waals surface area contributed by atoms with Crippen LogP contribution in [0.2, 0.25) is 0 Å². The summed E-state index contributed by atoms with van der Waals surface area (Å²) in [5.41, 5.74) is -0.668. The summed E-state index contributed by atoms with van der Waals surface area (Å²) >= 11 is 0. The van der Waals surface area contributed by atoms with Crippen LogP contribution in [0.15, 0.2) is 6.20 Å². The molecule has 0 atom stereocenters. The summed E-state index contributed by atoms with van der Waals surface area (Å²) in [7, 11) is 1.64. The minimum absolute atomic E-state index is 0.0664. The lowest BCUT2D eigenvalue weighted by molar-refractivity contribution is -0.384. The van der Waals surface area contributed by atoms with E-state index in [0.717, 1.165) is 25.5 Å². The van der Waals surface area contributed by atoms with E-state index in [0.29, 0.717) is 5.95 Å².